The van der Waals surface area contributed by atoms with Crippen LogP contribution in [0.3, 0.4) is 0 Å². The summed E-state index contributed by atoms with van der Waals surface area (Å²) < 4.78 is 14.2. The quantitative estimate of drug-likeness (QED) is 0.905. The van der Waals surface area contributed by atoms with E-state index in [2.05, 4.69) is 38.1 Å². The van der Waals surface area contributed by atoms with E-state index in [1.54, 1.807) is 6.20 Å². The fourth-order valence-electron chi connectivity index (χ4n) is 2.29. The van der Waals surface area contributed by atoms with Crippen molar-refractivity contribution >= 4 is 21.7 Å². The Morgan fingerprint density at radius 2 is 2.22 bits per heavy atom. The fourth-order valence-corrected chi connectivity index (χ4v) is 2.59. The first-order valence-electron chi connectivity index (χ1n) is 6.42. The van der Waals surface area contributed by atoms with Crippen LogP contribution in [0.5, 0.6) is 0 Å². The maximum atomic E-state index is 13.5. The van der Waals surface area contributed by atoms with Gasteiger partial charge in [0.05, 0.1) is 0 Å². The number of hydrogen-bond acceptors (Lipinski definition) is 3. The van der Waals surface area contributed by atoms with E-state index >= 15 is 0 Å². The summed E-state index contributed by atoms with van der Waals surface area (Å²) in [5, 5.41) is 3.08. The van der Waals surface area contributed by atoms with E-state index < -0.39 is 0 Å². The summed E-state index contributed by atoms with van der Waals surface area (Å²) >= 11 is 3.20. The van der Waals surface area contributed by atoms with Crippen LogP contribution in [0, 0.1) is 11.7 Å². The van der Waals surface area contributed by atoms with Gasteiger partial charge in [-0.05, 0) is 53.8 Å². The van der Waals surface area contributed by atoms with Crippen LogP contribution in [0.4, 0.5) is 10.2 Å². The monoisotopic (exact) mass is 315 g/mol. The van der Waals surface area contributed by atoms with Gasteiger partial charge in [0, 0.05) is 23.8 Å². The Morgan fingerprint density at radius 1 is 1.50 bits per heavy atom. The Labute approximate surface area is 116 Å². The van der Waals surface area contributed by atoms with E-state index in [4.69, 9.17) is 0 Å². The van der Waals surface area contributed by atoms with Crippen molar-refractivity contribution in [2.24, 2.45) is 5.92 Å². The van der Waals surface area contributed by atoms with Crippen molar-refractivity contribution in [2.75, 3.05) is 31.5 Å². The number of nitrogens with zero attached hydrogens (tertiary/aromatic N) is 2. The molecule has 1 aliphatic rings. The third kappa shape index (κ3) is 3.92. The highest BCUT2D eigenvalue weighted by atomic mass is 79.9. The lowest BCUT2D eigenvalue weighted by molar-refractivity contribution is 0.294. The normalized spacial score (nSPS) is 17.9. The summed E-state index contributed by atoms with van der Waals surface area (Å²) in [6.45, 7) is 6.42. The van der Waals surface area contributed by atoms with E-state index in [1.165, 1.54) is 32.0 Å². The molecule has 5 heteroatoms. The van der Waals surface area contributed by atoms with Crippen LogP contribution in [-0.2, 0) is 0 Å². The van der Waals surface area contributed by atoms with Gasteiger partial charge in [-0.25, -0.2) is 9.37 Å². The Bertz CT molecular complexity index is 394. The van der Waals surface area contributed by atoms with Gasteiger partial charge < -0.3 is 10.2 Å². The van der Waals surface area contributed by atoms with Gasteiger partial charge in [-0.2, -0.15) is 0 Å². The SMILES string of the molecule is CC(CNc1ncc(Br)cc1F)CN1CCCC1. The predicted molar refractivity (Wildman–Crippen MR) is 75.2 cm³/mol. The molecule has 0 aliphatic carbocycles. The summed E-state index contributed by atoms with van der Waals surface area (Å²) in [7, 11) is 0. The van der Waals surface area contributed by atoms with Crippen LogP contribution in [0.15, 0.2) is 16.7 Å². The molecule has 18 heavy (non-hydrogen) atoms. The molecular weight excluding hydrogens is 297 g/mol. The lowest BCUT2D eigenvalue weighted by atomic mass is 10.1. The molecule has 1 atom stereocenters. The molecule has 1 aliphatic heterocycles. The van der Waals surface area contributed by atoms with Gasteiger partial charge in [-0.1, -0.05) is 6.92 Å². The fraction of sp³-hybridized carbons (Fsp3) is 0.615. The number of anilines is 1. The number of likely N-dealkylation sites (tertiary alicyclic amines) is 1. The third-order valence-corrected chi connectivity index (χ3v) is 3.63. The molecule has 0 amide bonds. The van der Waals surface area contributed by atoms with E-state index in [0.29, 0.717) is 16.2 Å². The highest BCUT2D eigenvalue weighted by molar-refractivity contribution is 9.10. The van der Waals surface area contributed by atoms with Crippen LogP contribution >= 0.6 is 15.9 Å². The van der Waals surface area contributed by atoms with Crippen LogP contribution in [0.25, 0.3) is 0 Å². The predicted octanol–water partition coefficient (Wildman–Crippen LogP) is 3.13. The van der Waals surface area contributed by atoms with Crippen LogP contribution < -0.4 is 5.32 Å². The number of hydrogen-bond donors (Lipinski definition) is 1. The van der Waals surface area contributed by atoms with Gasteiger partial charge in [0.2, 0.25) is 0 Å². The molecule has 0 saturated carbocycles. The molecule has 1 saturated heterocycles. The summed E-state index contributed by atoms with van der Waals surface area (Å²) in [5.41, 5.74) is 0. The Balaban J connectivity index is 1.79. The molecule has 1 unspecified atom stereocenters. The highest BCUT2D eigenvalue weighted by Gasteiger charge is 2.15. The van der Waals surface area contributed by atoms with Gasteiger partial charge in [-0.3, -0.25) is 0 Å². The zero-order valence-electron chi connectivity index (χ0n) is 10.6. The van der Waals surface area contributed by atoms with Gasteiger partial charge in [0.1, 0.15) is 0 Å². The van der Waals surface area contributed by atoms with Crippen molar-refractivity contribution in [3.8, 4) is 0 Å². The first kappa shape index (κ1) is 13.7. The van der Waals surface area contributed by atoms with Gasteiger partial charge in [0.25, 0.3) is 0 Å². The lowest BCUT2D eigenvalue weighted by Crippen LogP contribution is -2.29. The standard InChI is InChI=1S/C13H19BrFN3/c1-10(9-18-4-2-3-5-18)7-16-13-12(15)6-11(14)8-17-13/h6,8,10H,2-5,7,9H2,1H3,(H,16,17). The van der Waals surface area contributed by atoms with Gasteiger partial charge >= 0.3 is 0 Å². The number of pyridine rings is 1. The zero-order chi connectivity index (χ0) is 13.0. The summed E-state index contributed by atoms with van der Waals surface area (Å²) in [5.74, 6) is 0.525. The van der Waals surface area contributed by atoms with E-state index in [-0.39, 0.29) is 5.82 Å². The van der Waals surface area contributed by atoms with Crippen molar-refractivity contribution in [3.05, 3.63) is 22.6 Å². The van der Waals surface area contributed by atoms with Crippen molar-refractivity contribution in [1.29, 1.82) is 0 Å². The molecule has 1 fully saturated rings. The van der Waals surface area contributed by atoms with E-state index in [1.807, 2.05) is 0 Å². The van der Waals surface area contributed by atoms with Crippen molar-refractivity contribution in [2.45, 2.75) is 19.8 Å². The van der Waals surface area contributed by atoms with Crippen LogP contribution in [0.1, 0.15) is 19.8 Å². The molecule has 0 aromatic carbocycles. The van der Waals surface area contributed by atoms with Crippen LogP contribution in [0.2, 0.25) is 0 Å². The lowest BCUT2D eigenvalue weighted by Gasteiger charge is -2.20. The molecule has 2 rings (SSSR count). The molecule has 1 N–H and O–H groups in total. The Kier molecular flexibility index (Phi) is 4.95. The van der Waals surface area contributed by atoms with Gasteiger partial charge in [-0.15, -0.1) is 0 Å². The smallest absolute Gasteiger partial charge is 0.166 e. The van der Waals surface area contributed by atoms with Crippen LogP contribution in [-0.4, -0.2) is 36.1 Å². The van der Waals surface area contributed by atoms with Crippen molar-refractivity contribution in [1.82, 2.24) is 9.88 Å². The molecular formula is C13H19BrFN3. The number of aromatic nitrogens is 1. The minimum Gasteiger partial charge on any atom is -0.367 e. The maximum absolute atomic E-state index is 13.5. The second kappa shape index (κ2) is 6.48. The van der Waals surface area contributed by atoms with E-state index in [0.717, 1.165) is 13.1 Å². The molecule has 0 radical (unpaired) electrons. The average Bonchev–Trinajstić information content (AvgIpc) is 2.80. The molecule has 1 aromatic heterocycles. The largest absolute Gasteiger partial charge is 0.367 e. The van der Waals surface area contributed by atoms with E-state index in [9.17, 15) is 4.39 Å². The highest BCUT2D eigenvalue weighted by Crippen LogP contribution is 2.17. The minimum atomic E-state index is -0.308. The number of halogens is 2. The van der Waals surface area contributed by atoms with Crippen molar-refractivity contribution in [3.63, 3.8) is 0 Å². The number of nitrogens with one attached hydrogen (secondary N) is 1. The minimum absolute atomic E-state index is 0.308. The maximum Gasteiger partial charge on any atom is 0.166 e. The topological polar surface area (TPSA) is 28.2 Å². The summed E-state index contributed by atoms with van der Waals surface area (Å²) in [6, 6.07) is 1.43. The summed E-state index contributed by atoms with van der Waals surface area (Å²) in [6.07, 6.45) is 4.22. The molecule has 0 spiro atoms. The third-order valence-electron chi connectivity index (χ3n) is 3.19. The number of rotatable bonds is 5. The average molecular weight is 316 g/mol. The second-order valence-corrected chi connectivity index (χ2v) is 5.89. The molecule has 2 heterocycles. The Hall–Kier alpha value is -0.680. The second-order valence-electron chi connectivity index (χ2n) is 4.98. The van der Waals surface area contributed by atoms with Gasteiger partial charge in [0.15, 0.2) is 11.6 Å². The first-order chi connectivity index (χ1) is 8.65. The molecule has 100 valence electrons. The Morgan fingerprint density at radius 3 is 2.89 bits per heavy atom. The summed E-state index contributed by atoms with van der Waals surface area (Å²) in [4.78, 5) is 6.50. The molecule has 3 nitrogen and oxygen atoms in total. The van der Waals surface area contributed by atoms with Crippen molar-refractivity contribution < 1.29 is 4.39 Å². The molecule has 0 bridgehead atoms. The molecule has 1 aromatic rings. The first-order valence-corrected chi connectivity index (χ1v) is 7.21. The zero-order valence-corrected chi connectivity index (χ0v) is 12.2.